The first-order valence-corrected chi connectivity index (χ1v) is 9.70. The van der Waals surface area contributed by atoms with Crippen LogP contribution in [0.25, 0.3) is 11.3 Å². The summed E-state index contributed by atoms with van der Waals surface area (Å²) >= 11 is 0. The number of rotatable bonds is 6. The van der Waals surface area contributed by atoms with Crippen molar-refractivity contribution in [3.63, 3.8) is 0 Å². The van der Waals surface area contributed by atoms with Gasteiger partial charge in [0.15, 0.2) is 11.5 Å². The van der Waals surface area contributed by atoms with Crippen LogP contribution in [0.15, 0.2) is 36.4 Å². The Labute approximate surface area is 173 Å². The molecule has 0 saturated heterocycles. The fraction of sp³-hybridized carbons (Fsp3) is 0.273. The molecule has 0 radical (unpaired) electrons. The van der Waals surface area contributed by atoms with Gasteiger partial charge in [0.1, 0.15) is 22.8 Å². The van der Waals surface area contributed by atoms with E-state index >= 15 is 0 Å². The van der Waals surface area contributed by atoms with E-state index in [0.29, 0.717) is 45.9 Å². The zero-order valence-corrected chi connectivity index (χ0v) is 16.7. The largest absolute Gasteiger partial charge is 0.496 e. The number of aromatic amines is 1. The number of amides is 1. The average Bonchev–Trinajstić information content (AvgIpc) is 3.36. The van der Waals surface area contributed by atoms with Crippen molar-refractivity contribution in [2.24, 2.45) is 0 Å². The number of nitrogens with one attached hydrogen (secondary N) is 2. The number of ether oxygens (including phenoxy) is 4. The van der Waals surface area contributed by atoms with Gasteiger partial charge in [0.2, 0.25) is 6.79 Å². The highest BCUT2D eigenvalue weighted by atomic mass is 16.7. The van der Waals surface area contributed by atoms with Crippen molar-refractivity contribution in [3.8, 4) is 34.3 Å². The van der Waals surface area contributed by atoms with Crippen LogP contribution < -0.4 is 24.3 Å². The van der Waals surface area contributed by atoms with Crippen molar-refractivity contribution < 1.29 is 23.7 Å². The molecule has 2 aromatic carbocycles. The molecule has 1 fully saturated rings. The average molecular weight is 407 g/mol. The van der Waals surface area contributed by atoms with Crippen LogP contribution in [0.4, 0.5) is 5.69 Å². The number of H-pyrrole nitrogens is 1. The normalized spacial score (nSPS) is 14.5. The predicted molar refractivity (Wildman–Crippen MR) is 110 cm³/mol. The van der Waals surface area contributed by atoms with Crippen molar-refractivity contribution in [1.29, 1.82) is 0 Å². The maximum absolute atomic E-state index is 13.3. The molecule has 5 rings (SSSR count). The molecular weight excluding hydrogens is 386 g/mol. The zero-order valence-electron chi connectivity index (χ0n) is 16.7. The van der Waals surface area contributed by atoms with Crippen molar-refractivity contribution in [2.45, 2.75) is 18.8 Å². The number of methoxy groups -OCH3 is 2. The van der Waals surface area contributed by atoms with Crippen molar-refractivity contribution >= 4 is 11.6 Å². The number of fused-ring (bicyclic) bond motifs is 1. The van der Waals surface area contributed by atoms with Gasteiger partial charge in [0, 0.05) is 11.5 Å². The lowest BCUT2D eigenvalue weighted by atomic mass is 10.1. The Hall–Kier alpha value is -3.68. The van der Waals surface area contributed by atoms with Gasteiger partial charge in [-0.15, -0.1) is 0 Å². The first-order chi connectivity index (χ1) is 14.7. The minimum atomic E-state index is -0.324. The highest BCUT2D eigenvalue weighted by molar-refractivity contribution is 6.10. The van der Waals surface area contributed by atoms with E-state index in [2.05, 4.69) is 15.5 Å². The Bertz CT molecular complexity index is 1100. The summed E-state index contributed by atoms with van der Waals surface area (Å²) < 4.78 is 21.7. The van der Waals surface area contributed by atoms with E-state index in [9.17, 15) is 4.79 Å². The topological polar surface area (TPSA) is 94.7 Å². The van der Waals surface area contributed by atoms with Crippen LogP contribution in [0.2, 0.25) is 0 Å². The summed E-state index contributed by atoms with van der Waals surface area (Å²) in [6, 6.07) is 10.9. The summed E-state index contributed by atoms with van der Waals surface area (Å²) in [4.78, 5) is 13.3. The number of carbonyl (C=O) groups is 1. The molecule has 2 aliphatic rings. The molecule has 1 amide bonds. The summed E-state index contributed by atoms with van der Waals surface area (Å²) in [5.74, 6) is 2.26. The van der Waals surface area contributed by atoms with Crippen molar-refractivity contribution in [1.82, 2.24) is 10.2 Å². The number of nitrogens with zero attached hydrogens (tertiary/aromatic N) is 1. The Morgan fingerprint density at radius 3 is 2.53 bits per heavy atom. The fourth-order valence-electron chi connectivity index (χ4n) is 3.65. The van der Waals surface area contributed by atoms with Crippen LogP contribution in [-0.2, 0) is 0 Å². The Morgan fingerprint density at radius 1 is 1.10 bits per heavy atom. The molecule has 1 aromatic heterocycles. The molecule has 0 bridgehead atoms. The molecule has 0 atom stereocenters. The van der Waals surface area contributed by atoms with Gasteiger partial charge in [-0.25, -0.2) is 0 Å². The lowest BCUT2D eigenvalue weighted by Crippen LogP contribution is -2.15. The number of hydrogen-bond acceptors (Lipinski definition) is 6. The second-order valence-electron chi connectivity index (χ2n) is 7.19. The van der Waals surface area contributed by atoms with E-state index in [-0.39, 0.29) is 12.7 Å². The molecular formula is C22H21N3O5. The van der Waals surface area contributed by atoms with Gasteiger partial charge in [-0.3, -0.25) is 9.89 Å². The molecule has 3 aromatic rings. The zero-order chi connectivity index (χ0) is 20.7. The monoisotopic (exact) mass is 407 g/mol. The summed E-state index contributed by atoms with van der Waals surface area (Å²) in [6.45, 7) is 0.198. The van der Waals surface area contributed by atoms with E-state index in [0.717, 1.165) is 24.1 Å². The third-order valence-corrected chi connectivity index (χ3v) is 5.32. The molecule has 8 heteroatoms. The Kier molecular flexibility index (Phi) is 4.46. The maximum Gasteiger partial charge on any atom is 0.263 e. The van der Waals surface area contributed by atoms with Crippen LogP contribution in [0.3, 0.4) is 0 Å². The standard InChI is InChI=1S/C22H21N3O5/c1-27-15-4-3-5-16(28-2)18(15)22(26)23-21-19(12-6-7-12)24-25-20(21)13-8-9-14-17(10-13)30-11-29-14/h3-5,8-10,12H,6-7,11H2,1-2H3,(H,23,26)(H,24,25). The first-order valence-electron chi connectivity index (χ1n) is 9.70. The summed E-state index contributed by atoms with van der Waals surface area (Å²) in [5, 5.41) is 10.7. The highest BCUT2D eigenvalue weighted by Crippen LogP contribution is 2.46. The lowest BCUT2D eigenvalue weighted by Gasteiger charge is -2.14. The van der Waals surface area contributed by atoms with Crippen LogP contribution in [0.5, 0.6) is 23.0 Å². The third-order valence-electron chi connectivity index (χ3n) is 5.32. The van der Waals surface area contributed by atoms with E-state index in [1.54, 1.807) is 18.2 Å². The fourth-order valence-corrected chi connectivity index (χ4v) is 3.65. The minimum absolute atomic E-state index is 0.198. The van der Waals surface area contributed by atoms with Gasteiger partial charge >= 0.3 is 0 Å². The summed E-state index contributed by atoms with van der Waals surface area (Å²) in [7, 11) is 3.05. The van der Waals surface area contributed by atoms with E-state index < -0.39 is 0 Å². The van der Waals surface area contributed by atoms with E-state index in [4.69, 9.17) is 18.9 Å². The van der Waals surface area contributed by atoms with Crippen molar-refractivity contribution in [2.75, 3.05) is 26.3 Å². The smallest absolute Gasteiger partial charge is 0.263 e. The van der Waals surface area contributed by atoms with Crippen molar-refractivity contribution in [3.05, 3.63) is 47.7 Å². The number of benzene rings is 2. The molecule has 30 heavy (non-hydrogen) atoms. The number of hydrogen-bond donors (Lipinski definition) is 2. The Balaban J connectivity index is 1.55. The summed E-state index contributed by atoms with van der Waals surface area (Å²) in [6.07, 6.45) is 2.12. The van der Waals surface area contributed by atoms with Crippen LogP contribution in [0.1, 0.15) is 34.8 Å². The second-order valence-corrected chi connectivity index (χ2v) is 7.19. The molecule has 1 aliphatic carbocycles. The minimum Gasteiger partial charge on any atom is -0.496 e. The van der Waals surface area contributed by atoms with Gasteiger partial charge < -0.3 is 24.3 Å². The van der Waals surface area contributed by atoms with E-state index in [1.165, 1.54) is 14.2 Å². The molecule has 2 N–H and O–H groups in total. The van der Waals surface area contributed by atoms with Gasteiger partial charge in [0.05, 0.1) is 25.6 Å². The molecule has 154 valence electrons. The van der Waals surface area contributed by atoms with Crippen LogP contribution in [0, 0.1) is 0 Å². The van der Waals surface area contributed by atoms with Gasteiger partial charge in [0.25, 0.3) is 5.91 Å². The Morgan fingerprint density at radius 2 is 1.83 bits per heavy atom. The predicted octanol–water partition coefficient (Wildman–Crippen LogP) is 3.95. The molecule has 1 aliphatic heterocycles. The maximum atomic E-state index is 13.3. The number of anilines is 1. The van der Waals surface area contributed by atoms with Gasteiger partial charge in [-0.05, 0) is 43.2 Å². The first kappa shape index (κ1) is 18.4. The number of carbonyl (C=O) groups excluding carboxylic acids is 1. The molecule has 1 saturated carbocycles. The van der Waals surface area contributed by atoms with Crippen LogP contribution >= 0.6 is 0 Å². The summed E-state index contributed by atoms with van der Waals surface area (Å²) in [5.41, 5.74) is 3.39. The highest BCUT2D eigenvalue weighted by Gasteiger charge is 2.32. The van der Waals surface area contributed by atoms with E-state index in [1.807, 2.05) is 18.2 Å². The van der Waals surface area contributed by atoms with Gasteiger partial charge in [-0.2, -0.15) is 5.10 Å². The van der Waals surface area contributed by atoms with Gasteiger partial charge in [-0.1, -0.05) is 6.07 Å². The molecule has 0 unspecified atom stereocenters. The molecule has 2 heterocycles. The molecule has 0 spiro atoms. The quantitative estimate of drug-likeness (QED) is 0.642. The van der Waals surface area contributed by atoms with Crippen LogP contribution in [-0.4, -0.2) is 37.1 Å². The molecule has 8 nitrogen and oxygen atoms in total. The second kappa shape index (κ2) is 7.29. The number of aromatic nitrogens is 2. The SMILES string of the molecule is COc1cccc(OC)c1C(=O)Nc1c(-c2ccc3c(c2)OCO3)n[nH]c1C1CC1. The lowest BCUT2D eigenvalue weighted by molar-refractivity contribution is 0.102. The third kappa shape index (κ3) is 3.10.